The lowest BCUT2D eigenvalue weighted by Crippen LogP contribution is -2.25. The van der Waals surface area contributed by atoms with Crippen LogP contribution >= 0.6 is 0 Å². The van der Waals surface area contributed by atoms with E-state index in [0.717, 1.165) is 11.4 Å². The van der Waals surface area contributed by atoms with E-state index in [9.17, 15) is 8.78 Å². The number of hydrogen-bond acceptors (Lipinski definition) is 5. The maximum atomic E-state index is 13.0. The van der Waals surface area contributed by atoms with Crippen molar-refractivity contribution in [2.45, 2.75) is 39.3 Å². The first-order chi connectivity index (χ1) is 10.8. The zero-order chi connectivity index (χ0) is 16.6. The molecule has 1 aliphatic heterocycles. The lowest BCUT2D eigenvalue weighted by molar-refractivity contribution is -0.286. The number of alkyl halides is 2. The van der Waals surface area contributed by atoms with Crippen LogP contribution in [-0.2, 0) is 13.1 Å². The van der Waals surface area contributed by atoms with Gasteiger partial charge in [0.2, 0.25) is 0 Å². The van der Waals surface area contributed by atoms with Gasteiger partial charge in [-0.3, -0.25) is 4.90 Å². The quantitative estimate of drug-likeness (QED) is 0.846. The maximum Gasteiger partial charge on any atom is 0.586 e. The fourth-order valence-electron chi connectivity index (χ4n) is 2.51. The summed E-state index contributed by atoms with van der Waals surface area (Å²) in [6.07, 6.45) is -1.88. The van der Waals surface area contributed by atoms with Crippen LogP contribution in [-0.4, -0.2) is 33.0 Å². The van der Waals surface area contributed by atoms with Gasteiger partial charge < -0.3 is 14.0 Å². The molecular formula is C15H18F2N4O2. The molecular weight excluding hydrogens is 306 g/mol. The Morgan fingerprint density at radius 2 is 1.96 bits per heavy atom. The minimum atomic E-state index is -3.58. The minimum Gasteiger partial charge on any atom is -0.395 e. The largest absolute Gasteiger partial charge is 0.586 e. The molecule has 2 aromatic rings. The second kappa shape index (κ2) is 5.77. The summed E-state index contributed by atoms with van der Waals surface area (Å²) in [6.45, 7) is 5.28. The van der Waals surface area contributed by atoms with Crippen molar-refractivity contribution in [1.29, 1.82) is 0 Å². The van der Waals surface area contributed by atoms with Gasteiger partial charge in [-0.25, -0.2) is 0 Å². The Morgan fingerprint density at radius 3 is 2.70 bits per heavy atom. The average Bonchev–Trinajstić information content (AvgIpc) is 3.00. The normalized spacial score (nSPS) is 15.6. The van der Waals surface area contributed by atoms with Crippen molar-refractivity contribution in [2.75, 3.05) is 7.05 Å². The first kappa shape index (κ1) is 15.7. The fourth-order valence-corrected chi connectivity index (χ4v) is 2.51. The average molecular weight is 324 g/mol. The molecule has 8 heteroatoms. The fraction of sp³-hybridized carbons (Fsp3) is 0.467. The molecule has 6 nitrogen and oxygen atoms in total. The Bertz CT molecular complexity index is 703. The summed E-state index contributed by atoms with van der Waals surface area (Å²) in [7, 11) is 1.93. The highest BCUT2D eigenvalue weighted by Gasteiger charge is 2.43. The van der Waals surface area contributed by atoms with Crippen LogP contribution in [0, 0.1) is 0 Å². The number of fused-ring (bicyclic) bond motifs is 1. The Kier molecular flexibility index (Phi) is 3.93. The van der Waals surface area contributed by atoms with Gasteiger partial charge in [0.25, 0.3) is 0 Å². The van der Waals surface area contributed by atoms with Crippen molar-refractivity contribution in [2.24, 2.45) is 0 Å². The number of benzene rings is 1. The van der Waals surface area contributed by atoms with E-state index in [1.54, 1.807) is 18.5 Å². The van der Waals surface area contributed by atoms with E-state index in [1.165, 1.54) is 6.07 Å². The summed E-state index contributed by atoms with van der Waals surface area (Å²) in [5.41, 5.74) is 0.850. The molecule has 0 bridgehead atoms. The lowest BCUT2D eigenvalue weighted by atomic mass is 10.2. The number of aromatic nitrogens is 3. The second-order valence-corrected chi connectivity index (χ2v) is 5.87. The molecule has 0 saturated carbocycles. The van der Waals surface area contributed by atoms with Crippen LogP contribution in [0.15, 0.2) is 24.5 Å². The third-order valence-electron chi connectivity index (χ3n) is 3.53. The topological polar surface area (TPSA) is 52.4 Å². The van der Waals surface area contributed by atoms with Gasteiger partial charge in [-0.2, -0.15) is 0 Å². The predicted octanol–water partition coefficient (Wildman–Crippen LogP) is 2.81. The third-order valence-corrected chi connectivity index (χ3v) is 3.53. The second-order valence-electron chi connectivity index (χ2n) is 5.87. The molecule has 1 aromatic heterocycles. The summed E-state index contributed by atoms with van der Waals surface area (Å²) in [5.74, 6) is 0.974. The molecule has 0 saturated heterocycles. The Morgan fingerprint density at radius 1 is 1.22 bits per heavy atom. The lowest BCUT2D eigenvalue weighted by Gasteiger charge is -2.18. The number of nitrogens with zero attached hydrogens (tertiary/aromatic N) is 4. The highest BCUT2D eigenvalue weighted by molar-refractivity contribution is 5.45. The number of halogens is 2. The molecule has 0 N–H and O–H groups in total. The highest BCUT2D eigenvalue weighted by atomic mass is 19.3. The van der Waals surface area contributed by atoms with E-state index in [0.29, 0.717) is 13.1 Å². The van der Waals surface area contributed by atoms with Crippen LogP contribution in [0.2, 0.25) is 0 Å². The first-order valence-corrected chi connectivity index (χ1v) is 7.30. The van der Waals surface area contributed by atoms with E-state index in [1.807, 2.05) is 16.5 Å². The summed E-state index contributed by atoms with van der Waals surface area (Å²) < 4.78 is 36.9. The van der Waals surface area contributed by atoms with Crippen molar-refractivity contribution in [3.8, 4) is 11.5 Å². The van der Waals surface area contributed by atoms with Gasteiger partial charge in [0, 0.05) is 12.6 Å². The standard InChI is InChI=1S/C15H18F2N4O2/c1-10(2)21-9-18-19-14(21)8-20(3)7-11-4-5-12-13(6-11)23-15(16,17)22-12/h4-6,9-10H,7-8H2,1-3H3. The van der Waals surface area contributed by atoms with E-state index in [-0.39, 0.29) is 17.5 Å². The molecule has 0 aliphatic carbocycles. The molecule has 0 fully saturated rings. The molecule has 124 valence electrons. The maximum absolute atomic E-state index is 13.0. The monoisotopic (exact) mass is 324 g/mol. The Balaban J connectivity index is 1.67. The molecule has 0 radical (unpaired) electrons. The van der Waals surface area contributed by atoms with E-state index in [2.05, 4.69) is 33.5 Å². The van der Waals surface area contributed by atoms with Gasteiger partial charge >= 0.3 is 6.29 Å². The summed E-state index contributed by atoms with van der Waals surface area (Å²) in [6, 6.07) is 5.09. The Labute approximate surface area is 132 Å². The molecule has 0 spiro atoms. The third kappa shape index (κ3) is 3.42. The molecule has 23 heavy (non-hydrogen) atoms. The Hall–Kier alpha value is -2.22. The van der Waals surface area contributed by atoms with Crippen molar-refractivity contribution in [3.63, 3.8) is 0 Å². The first-order valence-electron chi connectivity index (χ1n) is 7.30. The van der Waals surface area contributed by atoms with Crippen LogP contribution in [0.5, 0.6) is 11.5 Å². The van der Waals surface area contributed by atoms with Crippen LogP contribution in [0.3, 0.4) is 0 Å². The van der Waals surface area contributed by atoms with Crippen LogP contribution in [0.25, 0.3) is 0 Å². The minimum absolute atomic E-state index is 0.0564. The number of hydrogen-bond donors (Lipinski definition) is 0. The number of ether oxygens (including phenoxy) is 2. The van der Waals surface area contributed by atoms with Gasteiger partial charge in [0.05, 0.1) is 6.54 Å². The zero-order valence-corrected chi connectivity index (χ0v) is 13.2. The predicted molar refractivity (Wildman–Crippen MR) is 78.2 cm³/mol. The molecule has 3 rings (SSSR count). The van der Waals surface area contributed by atoms with Crippen LogP contribution < -0.4 is 9.47 Å². The van der Waals surface area contributed by atoms with Gasteiger partial charge in [-0.15, -0.1) is 19.0 Å². The molecule has 2 heterocycles. The van der Waals surface area contributed by atoms with Crippen LogP contribution in [0.1, 0.15) is 31.3 Å². The molecule has 0 amide bonds. The van der Waals surface area contributed by atoms with Gasteiger partial charge in [-0.1, -0.05) is 6.07 Å². The van der Waals surface area contributed by atoms with Crippen molar-refractivity contribution < 1.29 is 18.3 Å². The molecule has 0 unspecified atom stereocenters. The zero-order valence-electron chi connectivity index (χ0n) is 13.2. The SMILES string of the molecule is CC(C)n1cnnc1CN(C)Cc1ccc2c(c1)OC(F)(F)O2. The summed E-state index contributed by atoms with van der Waals surface area (Å²) in [4.78, 5) is 2.03. The van der Waals surface area contributed by atoms with Crippen molar-refractivity contribution in [1.82, 2.24) is 19.7 Å². The number of rotatable bonds is 5. The van der Waals surface area contributed by atoms with E-state index < -0.39 is 6.29 Å². The molecule has 1 aliphatic rings. The van der Waals surface area contributed by atoms with Gasteiger partial charge in [0.1, 0.15) is 12.2 Å². The molecule has 0 atom stereocenters. The van der Waals surface area contributed by atoms with Crippen molar-refractivity contribution in [3.05, 3.63) is 35.9 Å². The smallest absolute Gasteiger partial charge is 0.395 e. The van der Waals surface area contributed by atoms with E-state index in [4.69, 9.17) is 0 Å². The van der Waals surface area contributed by atoms with Gasteiger partial charge in [-0.05, 0) is 38.6 Å². The van der Waals surface area contributed by atoms with Crippen molar-refractivity contribution >= 4 is 0 Å². The summed E-state index contributed by atoms with van der Waals surface area (Å²) in [5, 5.41) is 8.06. The van der Waals surface area contributed by atoms with Crippen LogP contribution in [0.4, 0.5) is 8.78 Å². The highest BCUT2D eigenvalue weighted by Crippen LogP contribution is 2.41. The van der Waals surface area contributed by atoms with Gasteiger partial charge in [0.15, 0.2) is 11.5 Å². The molecule has 1 aromatic carbocycles. The van der Waals surface area contributed by atoms with E-state index >= 15 is 0 Å². The summed E-state index contributed by atoms with van der Waals surface area (Å²) >= 11 is 0.